The Bertz CT molecular complexity index is 269. The van der Waals surface area contributed by atoms with Gasteiger partial charge in [0.15, 0.2) is 0 Å². The van der Waals surface area contributed by atoms with Crippen molar-refractivity contribution in [3.63, 3.8) is 0 Å². The molecule has 0 amide bonds. The van der Waals surface area contributed by atoms with Gasteiger partial charge in [0, 0.05) is 0 Å². The normalized spacial score (nSPS) is 11.3. The fourth-order valence-corrected chi connectivity index (χ4v) is 5.15. The summed E-state index contributed by atoms with van der Waals surface area (Å²) in [7, 11) is 0. The minimum atomic E-state index is -3.81. The molecule has 0 rings (SSSR count). The maximum absolute atomic E-state index is 7.56. The molecule has 0 atom stereocenters. The number of unbranched alkanes of at least 4 members (excludes halogenated alkanes) is 3. The van der Waals surface area contributed by atoms with Gasteiger partial charge in [-0.05, 0) is 23.6 Å². The van der Waals surface area contributed by atoms with Crippen LogP contribution in [0.1, 0.15) is 46.5 Å². The van der Waals surface area contributed by atoms with Crippen LogP contribution in [0.4, 0.5) is 0 Å². The van der Waals surface area contributed by atoms with Crippen molar-refractivity contribution in [2.45, 2.75) is 60.9 Å². The van der Waals surface area contributed by atoms with Crippen molar-refractivity contribution in [3.05, 3.63) is 0 Å². The summed E-state index contributed by atoms with van der Waals surface area (Å²) in [5.74, 6) is 0. The molecule has 0 saturated heterocycles. The maximum atomic E-state index is 7.56. The second kappa shape index (κ2) is 16.6. The molecule has 0 spiro atoms. The molecule has 133 valence electrons. The second-order valence-electron chi connectivity index (χ2n) is 3.98. The molecule has 0 unspecified atom stereocenters. The summed E-state index contributed by atoms with van der Waals surface area (Å²) in [5.41, 5.74) is 0. The van der Waals surface area contributed by atoms with Gasteiger partial charge in [-0.25, -0.2) is 0 Å². The van der Waals surface area contributed by atoms with E-state index in [9.17, 15) is 0 Å². The molecule has 0 aromatic rings. The van der Waals surface area contributed by atoms with Crippen molar-refractivity contribution in [3.8, 4) is 0 Å². The molecule has 0 radical (unpaired) electrons. The van der Waals surface area contributed by atoms with Crippen LogP contribution in [0.3, 0.4) is 0 Å². The monoisotopic (exact) mass is 469 g/mol. The topological polar surface area (TPSA) is 121 Å². The van der Waals surface area contributed by atoms with Gasteiger partial charge in [-0.2, -0.15) is 0 Å². The molecule has 11 heteroatoms. The quantitative estimate of drug-likeness (QED) is 0.192. The first kappa shape index (κ1) is 27.6. The Balaban J connectivity index is -0.000000270. The Morgan fingerprint density at radius 3 is 1.29 bits per heavy atom. The van der Waals surface area contributed by atoms with Crippen LogP contribution < -0.4 is 0 Å². The third kappa shape index (κ3) is 61.5. The molecule has 0 saturated carbocycles. The zero-order chi connectivity index (χ0) is 17.5. The average Bonchev–Trinajstić information content (AvgIpc) is 2.25. The van der Waals surface area contributed by atoms with Crippen LogP contribution in [-0.2, 0) is 40.9 Å². The fraction of sp³-hybridized carbons (Fsp3) is 1.00. The van der Waals surface area contributed by atoms with E-state index in [4.69, 9.17) is 29.4 Å². The van der Waals surface area contributed by atoms with Crippen LogP contribution in [0.5, 0.6) is 0 Å². The van der Waals surface area contributed by atoms with Gasteiger partial charge < -0.3 is 29.4 Å². The van der Waals surface area contributed by atoms with Gasteiger partial charge in [-0.1, -0.05) is 0 Å². The molecule has 0 aliphatic heterocycles. The third-order valence-electron chi connectivity index (χ3n) is 2.10. The molecule has 0 aromatic carbocycles. The van der Waals surface area contributed by atoms with E-state index >= 15 is 0 Å². The molecular formula is C10H29MoO6P2S2. The first-order valence-electron chi connectivity index (χ1n) is 6.55. The molecule has 0 fully saturated rings. The van der Waals surface area contributed by atoms with Gasteiger partial charge in [-0.15, -0.1) is 0 Å². The van der Waals surface area contributed by atoms with Crippen LogP contribution in [0, 0.1) is 0 Å². The largest absolute Gasteiger partial charge is 0.325 e. The van der Waals surface area contributed by atoms with Crippen LogP contribution in [0.2, 0.25) is 14.4 Å². The van der Waals surface area contributed by atoms with Gasteiger partial charge in [0.1, 0.15) is 0 Å². The summed E-state index contributed by atoms with van der Waals surface area (Å²) < 4.78 is 0. The standard InChI is InChI=1S/C6H13.2C2H5.Mo.2H3O3PS/c1-3-5-6-4-2;2*1-2;;2*1-4(2,3)5/h1,3-6H2,2H3;2*1H2,2H3;;2*(H3,1,2,3,5). The Morgan fingerprint density at radius 1 is 0.714 bits per heavy atom. The minimum Gasteiger partial charge on any atom is -0.325 e. The first-order valence-corrected chi connectivity index (χ1v) is 16.1. The Morgan fingerprint density at radius 2 is 1.05 bits per heavy atom. The average molecular weight is 467 g/mol. The van der Waals surface area contributed by atoms with E-state index in [2.05, 4.69) is 44.4 Å². The van der Waals surface area contributed by atoms with Crippen molar-refractivity contribution in [2.24, 2.45) is 0 Å². The number of hydrogen-bond acceptors (Lipinski definition) is 2. The Kier molecular flexibility index (Phi) is 21.8. The predicted octanol–water partition coefficient (Wildman–Crippen LogP) is 2.86. The molecule has 0 aliphatic carbocycles. The minimum absolute atomic E-state index is 0.513. The van der Waals surface area contributed by atoms with E-state index < -0.39 is 30.7 Å². The van der Waals surface area contributed by atoms with Crippen LogP contribution >= 0.6 is 13.4 Å². The molecule has 6 nitrogen and oxygen atoms in total. The fourth-order valence-electron chi connectivity index (χ4n) is 1.23. The molecule has 6 N–H and O–H groups in total. The molecule has 0 bridgehead atoms. The summed E-state index contributed by atoms with van der Waals surface area (Å²) in [6.45, 7) is -0.544. The zero-order valence-corrected chi connectivity index (χ0v) is 18.2. The maximum Gasteiger partial charge on any atom is 0.319 e. The second-order valence-corrected chi connectivity index (χ2v) is 15.8. The van der Waals surface area contributed by atoms with Crippen molar-refractivity contribution in [1.82, 2.24) is 0 Å². The zero-order valence-electron chi connectivity index (χ0n) is 12.8. The Labute approximate surface area is 144 Å². The Hall–Kier alpha value is 1.75. The van der Waals surface area contributed by atoms with E-state index in [0.717, 1.165) is 0 Å². The summed E-state index contributed by atoms with van der Waals surface area (Å²) in [4.78, 5) is 50.1. The van der Waals surface area contributed by atoms with Gasteiger partial charge >= 0.3 is 91.6 Å². The van der Waals surface area contributed by atoms with Crippen LogP contribution in [-0.4, -0.2) is 29.4 Å². The SMILES string of the molecule is CCCCC[CH2][Mo]([CH2]C)[CH2]C.OP(O)(O)=S.OP(O)(O)=S. The summed E-state index contributed by atoms with van der Waals surface area (Å²) in [5, 5.41) is 0. The van der Waals surface area contributed by atoms with Crippen molar-refractivity contribution in [2.75, 3.05) is 0 Å². The van der Waals surface area contributed by atoms with Crippen LogP contribution in [0.25, 0.3) is 0 Å². The molecular weight excluding hydrogens is 438 g/mol. The van der Waals surface area contributed by atoms with E-state index in [1.165, 1.54) is 25.7 Å². The van der Waals surface area contributed by atoms with Gasteiger partial charge in [0.05, 0.1) is 0 Å². The van der Waals surface area contributed by atoms with E-state index in [1.807, 2.05) is 0 Å². The van der Waals surface area contributed by atoms with E-state index in [1.54, 1.807) is 14.4 Å². The smallest absolute Gasteiger partial charge is 0.319 e. The predicted molar refractivity (Wildman–Crippen MR) is 91.8 cm³/mol. The summed E-state index contributed by atoms with van der Waals surface area (Å²) in [6, 6.07) is 0. The first-order chi connectivity index (χ1) is 9.35. The van der Waals surface area contributed by atoms with E-state index in [-0.39, 0.29) is 0 Å². The number of hydrogen-bond donors (Lipinski definition) is 6. The van der Waals surface area contributed by atoms with Crippen molar-refractivity contribution >= 4 is 37.1 Å². The molecule has 0 aromatic heterocycles. The molecule has 0 heterocycles. The van der Waals surface area contributed by atoms with Crippen molar-refractivity contribution < 1.29 is 46.7 Å². The summed E-state index contributed by atoms with van der Waals surface area (Å²) in [6.07, 6.45) is 5.87. The van der Waals surface area contributed by atoms with Crippen molar-refractivity contribution in [1.29, 1.82) is 0 Å². The third-order valence-corrected chi connectivity index (χ3v) is 8.25. The summed E-state index contributed by atoms with van der Waals surface area (Å²) >= 11 is 6.70. The molecule has 0 aliphatic rings. The van der Waals surface area contributed by atoms with E-state index in [0.29, 0.717) is 0 Å². The number of rotatable bonds is 7. The van der Waals surface area contributed by atoms with Gasteiger partial charge in [0.25, 0.3) is 0 Å². The molecule has 21 heavy (non-hydrogen) atoms. The van der Waals surface area contributed by atoms with Crippen LogP contribution in [0.15, 0.2) is 0 Å². The van der Waals surface area contributed by atoms with Gasteiger partial charge in [-0.3, -0.25) is 0 Å². The van der Waals surface area contributed by atoms with Gasteiger partial charge in [0.2, 0.25) is 0 Å².